The molecule has 0 fully saturated rings. The summed E-state index contributed by atoms with van der Waals surface area (Å²) < 4.78 is 0. The van der Waals surface area contributed by atoms with Gasteiger partial charge in [-0.05, 0) is 31.4 Å². The molecule has 0 N–H and O–H groups in total. The molecule has 1 heterocycles. The molecule has 2 rings (SSSR count). The van der Waals surface area contributed by atoms with Gasteiger partial charge in [-0.3, -0.25) is 9.59 Å². The monoisotopic (exact) mass is 273 g/mol. The lowest BCUT2D eigenvalue weighted by molar-refractivity contribution is -0.168. The number of benzene rings is 1. The molecule has 104 valence electrons. The van der Waals surface area contributed by atoms with Crippen molar-refractivity contribution in [2.75, 3.05) is 0 Å². The summed E-state index contributed by atoms with van der Waals surface area (Å²) in [5.74, 6) is -1.77. The van der Waals surface area contributed by atoms with E-state index in [0.717, 1.165) is 12.8 Å². The first kappa shape index (κ1) is 14.0. The molecule has 0 atom stereocenters. The maximum Gasteiger partial charge on any atom is 0.333 e. The summed E-state index contributed by atoms with van der Waals surface area (Å²) in [5, 5.41) is 0.542. The van der Waals surface area contributed by atoms with Crippen LogP contribution in [-0.4, -0.2) is 22.8 Å². The van der Waals surface area contributed by atoms with Crippen LogP contribution < -0.4 is 0 Å². The summed E-state index contributed by atoms with van der Waals surface area (Å²) in [4.78, 5) is 40.3. The first-order valence-electron chi connectivity index (χ1n) is 6.44. The van der Waals surface area contributed by atoms with Crippen LogP contribution in [0.4, 0.5) is 0 Å². The molecule has 0 unspecified atom stereocenters. The zero-order valence-electron chi connectivity index (χ0n) is 11.0. The average Bonchev–Trinajstić information content (AvgIpc) is 2.69. The molecular formula is C15H15NO4. The van der Waals surface area contributed by atoms with Gasteiger partial charge < -0.3 is 4.84 Å². The van der Waals surface area contributed by atoms with Crippen molar-refractivity contribution in [1.29, 1.82) is 0 Å². The summed E-state index contributed by atoms with van der Waals surface area (Å²) in [7, 11) is 0. The van der Waals surface area contributed by atoms with Crippen LogP contribution in [0.15, 0.2) is 36.9 Å². The Labute approximate surface area is 116 Å². The number of carbonyl (C=O) groups is 3. The molecule has 1 aliphatic rings. The van der Waals surface area contributed by atoms with Gasteiger partial charge in [0.2, 0.25) is 0 Å². The number of nitrogens with zero attached hydrogens (tertiary/aromatic N) is 1. The molecule has 0 aliphatic carbocycles. The van der Waals surface area contributed by atoms with Crippen LogP contribution in [0, 0.1) is 0 Å². The quantitative estimate of drug-likeness (QED) is 0.454. The van der Waals surface area contributed by atoms with Crippen molar-refractivity contribution in [1.82, 2.24) is 5.06 Å². The van der Waals surface area contributed by atoms with E-state index in [4.69, 9.17) is 4.84 Å². The van der Waals surface area contributed by atoms with Crippen LogP contribution in [0.3, 0.4) is 0 Å². The van der Waals surface area contributed by atoms with Gasteiger partial charge in [0.15, 0.2) is 0 Å². The zero-order chi connectivity index (χ0) is 14.5. The minimum Gasteiger partial charge on any atom is -0.330 e. The van der Waals surface area contributed by atoms with Crippen molar-refractivity contribution in [3.8, 4) is 0 Å². The Morgan fingerprint density at radius 1 is 1.15 bits per heavy atom. The molecule has 0 saturated carbocycles. The van der Waals surface area contributed by atoms with E-state index in [-0.39, 0.29) is 17.5 Å². The summed E-state index contributed by atoms with van der Waals surface area (Å²) >= 11 is 0. The predicted octanol–water partition coefficient (Wildman–Crippen LogP) is 2.49. The number of hydroxylamine groups is 2. The van der Waals surface area contributed by atoms with Gasteiger partial charge in [0.1, 0.15) is 0 Å². The summed E-state index contributed by atoms with van der Waals surface area (Å²) in [6.07, 6.45) is 4.21. The highest BCUT2D eigenvalue weighted by molar-refractivity contribution is 6.20. The SMILES string of the molecule is C=CCCCCC(=O)ON1C(=O)c2ccccc2C1=O. The van der Waals surface area contributed by atoms with Crippen molar-refractivity contribution in [3.05, 3.63) is 48.0 Å². The number of carbonyl (C=O) groups excluding carboxylic acids is 3. The highest BCUT2D eigenvalue weighted by Gasteiger charge is 2.38. The topological polar surface area (TPSA) is 63.7 Å². The van der Waals surface area contributed by atoms with Crippen molar-refractivity contribution in [3.63, 3.8) is 0 Å². The first-order chi connectivity index (χ1) is 9.65. The number of hydrogen-bond donors (Lipinski definition) is 0. The lowest BCUT2D eigenvalue weighted by Crippen LogP contribution is -2.32. The Hall–Kier alpha value is -2.43. The fourth-order valence-corrected chi connectivity index (χ4v) is 1.96. The molecular weight excluding hydrogens is 258 g/mol. The Kier molecular flexibility index (Phi) is 4.30. The zero-order valence-corrected chi connectivity index (χ0v) is 11.0. The molecule has 1 aliphatic heterocycles. The molecule has 20 heavy (non-hydrogen) atoms. The number of hydrogen-bond acceptors (Lipinski definition) is 4. The van der Waals surface area contributed by atoms with Crippen LogP contribution in [0.25, 0.3) is 0 Å². The lowest BCUT2D eigenvalue weighted by Gasteiger charge is -2.12. The summed E-state index contributed by atoms with van der Waals surface area (Å²) in [6.45, 7) is 3.59. The molecule has 5 heteroatoms. The number of allylic oxidation sites excluding steroid dienone is 1. The van der Waals surface area contributed by atoms with Crippen LogP contribution in [-0.2, 0) is 9.63 Å². The van der Waals surface area contributed by atoms with Gasteiger partial charge in [0.25, 0.3) is 11.8 Å². The predicted molar refractivity (Wildman–Crippen MR) is 71.7 cm³/mol. The van der Waals surface area contributed by atoms with Gasteiger partial charge in [-0.15, -0.1) is 6.58 Å². The van der Waals surface area contributed by atoms with Crippen LogP contribution in [0.2, 0.25) is 0 Å². The fraction of sp³-hybridized carbons (Fsp3) is 0.267. The highest BCUT2D eigenvalue weighted by atomic mass is 16.7. The van der Waals surface area contributed by atoms with Crippen molar-refractivity contribution in [2.24, 2.45) is 0 Å². The second-order valence-electron chi connectivity index (χ2n) is 4.45. The van der Waals surface area contributed by atoms with Gasteiger partial charge >= 0.3 is 5.97 Å². The minimum absolute atomic E-state index is 0.168. The number of unbranched alkanes of at least 4 members (excludes halogenated alkanes) is 2. The van der Waals surface area contributed by atoms with Crippen LogP contribution >= 0.6 is 0 Å². The molecule has 0 aromatic heterocycles. The van der Waals surface area contributed by atoms with Gasteiger partial charge in [0, 0.05) is 6.42 Å². The van der Waals surface area contributed by atoms with E-state index in [9.17, 15) is 14.4 Å². The van der Waals surface area contributed by atoms with E-state index in [1.54, 1.807) is 18.2 Å². The fourth-order valence-electron chi connectivity index (χ4n) is 1.96. The number of rotatable bonds is 6. The first-order valence-corrected chi connectivity index (χ1v) is 6.44. The molecule has 1 aromatic carbocycles. The third-order valence-corrected chi connectivity index (χ3v) is 2.99. The normalized spacial score (nSPS) is 13.3. The van der Waals surface area contributed by atoms with E-state index < -0.39 is 17.8 Å². The maximum absolute atomic E-state index is 11.9. The Bertz CT molecular complexity index is 530. The third kappa shape index (κ3) is 2.77. The molecule has 0 spiro atoms. The van der Waals surface area contributed by atoms with Gasteiger partial charge in [0.05, 0.1) is 11.1 Å². The van der Waals surface area contributed by atoms with Crippen LogP contribution in [0.1, 0.15) is 46.4 Å². The minimum atomic E-state index is -0.593. The second-order valence-corrected chi connectivity index (χ2v) is 4.45. The van der Waals surface area contributed by atoms with Gasteiger partial charge in [-0.2, -0.15) is 0 Å². The van der Waals surface area contributed by atoms with Gasteiger partial charge in [-0.25, -0.2) is 4.79 Å². The Morgan fingerprint density at radius 2 is 1.75 bits per heavy atom. The van der Waals surface area contributed by atoms with Gasteiger partial charge in [-0.1, -0.05) is 23.3 Å². The second kappa shape index (κ2) is 6.14. The molecule has 5 nitrogen and oxygen atoms in total. The molecule has 2 amide bonds. The number of imide groups is 1. The van der Waals surface area contributed by atoms with Crippen molar-refractivity contribution in [2.45, 2.75) is 25.7 Å². The Morgan fingerprint density at radius 3 is 2.30 bits per heavy atom. The summed E-state index contributed by atoms with van der Waals surface area (Å²) in [5.41, 5.74) is 0.522. The van der Waals surface area contributed by atoms with E-state index in [2.05, 4.69) is 6.58 Å². The van der Waals surface area contributed by atoms with E-state index in [1.165, 1.54) is 12.1 Å². The van der Waals surface area contributed by atoms with E-state index >= 15 is 0 Å². The standard InChI is InChI=1S/C15H15NO4/c1-2-3-4-5-10-13(17)20-16-14(18)11-8-6-7-9-12(11)15(16)19/h2,6-9H,1,3-5,10H2. The highest BCUT2D eigenvalue weighted by Crippen LogP contribution is 2.22. The van der Waals surface area contributed by atoms with E-state index in [0.29, 0.717) is 11.5 Å². The molecule has 0 radical (unpaired) electrons. The molecule has 0 bridgehead atoms. The average molecular weight is 273 g/mol. The summed E-state index contributed by atoms with van der Waals surface area (Å²) in [6, 6.07) is 6.39. The number of amides is 2. The van der Waals surface area contributed by atoms with E-state index in [1.807, 2.05) is 0 Å². The van der Waals surface area contributed by atoms with Crippen molar-refractivity contribution < 1.29 is 19.2 Å². The maximum atomic E-state index is 11.9. The lowest BCUT2D eigenvalue weighted by atomic mass is 10.1. The third-order valence-electron chi connectivity index (χ3n) is 2.99. The number of fused-ring (bicyclic) bond motifs is 1. The van der Waals surface area contributed by atoms with Crippen LogP contribution in [0.5, 0.6) is 0 Å². The largest absolute Gasteiger partial charge is 0.333 e. The molecule has 0 saturated heterocycles. The Balaban J connectivity index is 1.95. The smallest absolute Gasteiger partial charge is 0.330 e. The van der Waals surface area contributed by atoms with Crippen molar-refractivity contribution >= 4 is 17.8 Å². The molecule has 1 aromatic rings.